The highest BCUT2D eigenvalue weighted by Gasteiger charge is 2.17. The molecule has 0 saturated heterocycles. The van der Waals surface area contributed by atoms with E-state index in [0.717, 1.165) is 4.90 Å². The van der Waals surface area contributed by atoms with E-state index in [1.165, 1.54) is 12.4 Å². The Kier molecular flexibility index (Phi) is 5.35. The van der Waals surface area contributed by atoms with Gasteiger partial charge in [-0.05, 0) is 6.07 Å². The standard InChI is InChI=1S/C10H12N4O5/c15-7(13-10-11-2-1-3-12-10)4-14(5-8(16)17)6-9(18)19/h1-3H,4-6H2,(H,16,17)(H,18,19)(H,11,12,13,15). The molecule has 0 aromatic carbocycles. The third kappa shape index (κ3) is 6.07. The monoisotopic (exact) mass is 268 g/mol. The Labute approximate surface area is 107 Å². The summed E-state index contributed by atoms with van der Waals surface area (Å²) in [4.78, 5) is 41.1. The number of amides is 1. The van der Waals surface area contributed by atoms with Crippen LogP contribution in [0.5, 0.6) is 0 Å². The third-order valence-corrected chi connectivity index (χ3v) is 1.90. The van der Waals surface area contributed by atoms with Crippen LogP contribution in [0.25, 0.3) is 0 Å². The molecule has 0 fully saturated rings. The van der Waals surface area contributed by atoms with E-state index in [4.69, 9.17) is 10.2 Å². The fourth-order valence-corrected chi connectivity index (χ4v) is 1.28. The molecule has 1 heterocycles. The number of carboxylic acid groups (broad SMARTS) is 2. The SMILES string of the molecule is O=C(O)CN(CC(=O)O)CC(=O)Nc1ncccn1. The van der Waals surface area contributed by atoms with Gasteiger partial charge in [-0.3, -0.25) is 24.6 Å². The van der Waals surface area contributed by atoms with Crippen molar-refractivity contribution >= 4 is 23.8 Å². The molecule has 0 aliphatic heterocycles. The summed E-state index contributed by atoms with van der Waals surface area (Å²) in [6, 6.07) is 1.57. The molecular formula is C10H12N4O5. The van der Waals surface area contributed by atoms with E-state index >= 15 is 0 Å². The van der Waals surface area contributed by atoms with Crippen LogP contribution in [-0.2, 0) is 14.4 Å². The summed E-state index contributed by atoms with van der Waals surface area (Å²) >= 11 is 0. The molecular weight excluding hydrogens is 256 g/mol. The lowest BCUT2D eigenvalue weighted by atomic mass is 10.4. The predicted molar refractivity (Wildman–Crippen MR) is 62.4 cm³/mol. The molecule has 0 aliphatic carbocycles. The van der Waals surface area contributed by atoms with Gasteiger partial charge in [-0.2, -0.15) is 0 Å². The van der Waals surface area contributed by atoms with Crippen LogP contribution in [0, 0.1) is 0 Å². The Morgan fingerprint density at radius 3 is 2.05 bits per heavy atom. The summed E-state index contributed by atoms with van der Waals surface area (Å²) < 4.78 is 0. The smallest absolute Gasteiger partial charge is 0.317 e. The van der Waals surface area contributed by atoms with Crippen LogP contribution in [0.1, 0.15) is 0 Å². The average molecular weight is 268 g/mol. The fraction of sp³-hybridized carbons (Fsp3) is 0.300. The lowest BCUT2D eigenvalue weighted by Crippen LogP contribution is -2.40. The van der Waals surface area contributed by atoms with E-state index in [0.29, 0.717) is 0 Å². The topological polar surface area (TPSA) is 133 Å². The highest BCUT2D eigenvalue weighted by molar-refractivity contribution is 5.91. The Balaban J connectivity index is 2.55. The van der Waals surface area contributed by atoms with Crippen molar-refractivity contribution in [1.82, 2.24) is 14.9 Å². The van der Waals surface area contributed by atoms with Gasteiger partial charge in [0, 0.05) is 12.4 Å². The van der Waals surface area contributed by atoms with Crippen molar-refractivity contribution in [3.05, 3.63) is 18.5 Å². The molecule has 1 rings (SSSR count). The number of hydrogen-bond donors (Lipinski definition) is 3. The van der Waals surface area contributed by atoms with Crippen LogP contribution >= 0.6 is 0 Å². The molecule has 102 valence electrons. The zero-order valence-electron chi connectivity index (χ0n) is 9.81. The second-order valence-corrected chi connectivity index (χ2v) is 3.55. The highest BCUT2D eigenvalue weighted by Crippen LogP contribution is 1.96. The van der Waals surface area contributed by atoms with E-state index in [1.807, 2.05) is 0 Å². The second kappa shape index (κ2) is 7.01. The number of aliphatic carboxylic acids is 2. The molecule has 1 aromatic rings. The van der Waals surface area contributed by atoms with Gasteiger partial charge in [-0.1, -0.05) is 0 Å². The van der Waals surface area contributed by atoms with Gasteiger partial charge in [0.2, 0.25) is 11.9 Å². The van der Waals surface area contributed by atoms with Gasteiger partial charge in [0.15, 0.2) is 0 Å². The van der Waals surface area contributed by atoms with E-state index in [2.05, 4.69) is 15.3 Å². The minimum atomic E-state index is -1.22. The van der Waals surface area contributed by atoms with Crippen LogP contribution in [0.2, 0.25) is 0 Å². The molecule has 0 radical (unpaired) electrons. The number of rotatable bonds is 7. The molecule has 1 amide bonds. The Hall–Kier alpha value is -2.55. The summed E-state index contributed by atoms with van der Waals surface area (Å²) in [6.45, 7) is -1.47. The maximum atomic E-state index is 11.6. The van der Waals surface area contributed by atoms with Gasteiger partial charge in [0.25, 0.3) is 0 Å². The summed E-state index contributed by atoms with van der Waals surface area (Å²) in [5.74, 6) is -2.96. The number of aromatic nitrogens is 2. The van der Waals surface area contributed by atoms with Crippen LogP contribution in [0.3, 0.4) is 0 Å². The lowest BCUT2D eigenvalue weighted by molar-refractivity contribution is -0.142. The Morgan fingerprint density at radius 1 is 1.05 bits per heavy atom. The maximum Gasteiger partial charge on any atom is 0.317 e. The highest BCUT2D eigenvalue weighted by atomic mass is 16.4. The van der Waals surface area contributed by atoms with Gasteiger partial charge < -0.3 is 10.2 Å². The van der Waals surface area contributed by atoms with Gasteiger partial charge in [0.1, 0.15) is 0 Å². The minimum Gasteiger partial charge on any atom is -0.480 e. The van der Waals surface area contributed by atoms with Crippen molar-refractivity contribution in [2.75, 3.05) is 25.0 Å². The van der Waals surface area contributed by atoms with Crippen molar-refractivity contribution in [2.24, 2.45) is 0 Å². The number of carbonyl (C=O) groups excluding carboxylic acids is 1. The van der Waals surface area contributed by atoms with Gasteiger partial charge in [-0.25, -0.2) is 9.97 Å². The van der Waals surface area contributed by atoms with Crippen LogP contribution < -0.4 is 5.32 Å². The van der Waals surface area contributed by atoms with Gasteiger partial charge >= 0.3 is 11.9 Å². The zero-order chi connectivity index (χ0) is 14.3. The molecule has 0 saturated carbocycles. The normalized spacial score (nSPS) is 10.2. The Morgan fingerprint density at radius 2 is 1.58 bits per heavy atom. The lowest BCUT2D eigenvalue weighted by Gasteiger charge is -2.16. The van der Waals surface area contributed by atoms with E-state index in [-0.39, 0.29) is 12.5 Å². The third-order valence-electron chi connectivity index (χ3n) is 1.90. The van der Waals surface area contributed by atoms with Crippen molar-refractivity contribution in [3.8, 4) is 0 Å². The first kappa shape index (κ1) is 14.5. The first-order chi connectivity index (χ1) is 8.97. The summed E-state index contributed by atoms with van der Waals surface area (Å²) in [5.41, 5.74) is 0. The van der Waals surface area contributed by atoms with E-state index < -0.39 is 30.9 Å². The largest absolute Gasteiger partial charge is 0.480 e. The van der Waals surface area contributed by atoms with Crippen LogP contribution in [0.15, 0.2) is 18.5 Å². The number of nitrogens with one attached hydrogen (secondary N) is 1. The molecule has 0 unspecified atom stereocenters. The number of anilines is 1. The molecule has 3 N–H and O–H groups in total. The van der Waals surface area contributed by atoms with E-state index in [1.54, 1.807) is 6.07 Å². The Bertz CT molecular complexity index is 448. The number of hydrogen-bond acceptors (Lipinski definition) is 6. The maximum absolute atomic E-state index is 11.6. The van der Waals surface area contributed by atoms with Gasteiger partial charge in [0.05, 0.1) is 19.6 Å². The van der Waals surface area contributed by atoms with Crippen LogP contribution in [0.4, 0.5) is 5.95 Å². The summed E-state index contributed by atoms with van der Waals surface area (Å²) in [5, 5.41) is 19.5. The van der Waals surface area contributed by atoms with E-state index in [9.17, 15) is 14.4 Å². The number of carboxylic acids is 2. The molecule has 9 heteroatoms. The number of nitrogens with zero attached hydrogens (tertiary/aromatic N) is 3. The van der Waals surface area contributed by atoms with Crippen LogP contribution in [-0.4, -0.2) is 62.6 Å². The molecule has 19 heavy (non-hydrogen) atoms. The molecule has 0 aliphatic rings. The first-order valence-corrected chi connectivity index (χ1v) is 5.20. The second-order valence-electron chi connectivity index (χ2n) is 3.55. The summed E-state index contributed by atoms with van der Waals surface area (Å²) in [7, 11) is 0. The molecule has 0 bridgehead atoms. The zero-order valence-corrected chi connectivity index (χ0v) is 9.81. The van der Waals surface area contributed by atoms with Crippen molar-refractivity contribution < 1.29 is 24.6 Å². The molecule has 0 atom stereocenters. The quantitative estimate of drug-likeness (QED) is 0.566. The fourth-order valence-electron chi connectivity index (χ4n) is 1.28. The number of carbonyl (C=O) groups is 3. The molecule has 9 nitrogen and oxygen atoms in total. The minimum absolute atomic E-state index is 0.0677. The van der Waals surface area contributed by atoms with Crippen molar-refractivity contribution in [3.63, 3.8) is 0 Å². The molecule has 0 spiro atoms. The van der Waals surface area contributed by atoms with Crippen molar-refractivity contribution in [2.45, 2.75) is 0 Å². The van der Waals surface area contributed by atoms with Gasteiger partial charge in [-0.15, -0.1) is 0 Å². The van der Waals surface area contributed by atoms with Crippen molar-refractivity contribution in [1.29, 1.82) is 0 Å². The first-order valence-electron chi connectivity index (χ1n) is 5.20. The molecule has 1 aromatic heterocycles. The predicted octanol–water partition coefficient (Wildman–Crippen LogP) is -1.11. The summed E-state index contributed by atoms with van der Waals surface area (Å²) in [6.07, 6.45) is 2.85. The average Bonchev–Trinajstić information content (AvgIpc) is 2.27.